The van der Waals surface area contributed by atoms with Crippen molar-refractivity contribution in [2.24, 2.45) is 4.99 Å². The summed E-state index contributed by atoms with van der Waals surface area (Å²) in [6, 6.07) is 7.56. The van der Waals surface area contributed by atoms with Crippen molar-refractivity contribution in [2.45, 2.75) is 32.0 Å². The fourth-order valence-corrected chi connectivity index (χ4v) is 3.76. The molecule has 0 radical (unpaired) electrons. The van der Waals surface area contributed by atoms with E-state index in [-0.39, 0.29) is 6.10 Å². The number of rotatable bonds is 8. The topological polar surface area (TPSA) is 75.1 Å². The molecule has 1 aliphatic heterocycles. The number of hydrogen-bond donors (Lipinski definition) is 3. The first-order chi connectivity index (χ1) is 12.0. The van der Waals surface area contributed by atoms with Crippen LogP contribution in [0.15, 0.2) is 29.3 Å². The number of nitrogens with one attached hydrogen (secondary N) is 2. The minimum atomic E-state index is -0.671. The highest BCUT2D eigenvalue weighted by Crippen LogP contribution is 2.27. The molecule has 1 aromatic carbocycles. The number of guanidine groups is 1. The molecule has 1 saturated heterocycles. The lowest BCUT2D eigenvalue weighted by Crippen LogP contribution is -2.43. The van der Waals surface area contributed by atoms with Crippen molar-refractivity contribution < 1.29 is 14.6 Å². The summed E-state index contributed by atoms with van der Waals surface area (Å²) in [5.41, 5.74) is -0.671. The summed E-state index contributed by atoms with van der Waals surface area (Å²) in [6.07, 6.45) is 0.761. The summed E-state index contributed by atoms with van der Waals surface area (Å²) in [5, 5.41) is 16.9. The molecule has 0 saturated carbocycles. The van der Waals surface area contributed by atoms with E-state index in [1.165, 1.54) is 0 Å². The largest absolute Gasteiger partial charge is 0.497 e. The van der Waals surface area contributed by atoms with Crippen LogP contribution in [-0.2, 0) is 0 Å². The smallest absolute Gasteiger partial charge is 0.191 e. The van der Waals surface area contributed by atoms with Crippen molar-refractivity contribution in [3.63, 3.8) is 0 Å². The summed E-state index contributed by atoms with van der Waals surface area (Å²) in [6.45, 7) is 5.81. The Hall–Kier alpha value is -1.60. The number of thioether (sulfide) groups is 1. The Bertz CT molecular complexity index is 562. The second-order valence-corrected chi connectivity index (χ2v) is 7.32. The lowest BCUT2D eigenvalue weighted by molar-refractivity contribution is 0.0778. The molecule has 1 fully saturated rings. The van der Waals surface area contributed by atoms with Crippen LogP contribution in [-0.4, -0.2) is 61.0 Å². The average Bonchev–Trinajstić information content (AvgIpc) is 3.04. The predicted molar refractivity (Wildman–Crippen MR) is 104 cm³/mol. The van der Waals surface area contributed by atoms with Crippen LogP contribution in [0.1, 0.15) is 20.3 Å². The van der Waals surface area contributed by atoms with Gasteiger partial charge in [0.05, 0.1) is 25.8 Å². The molecule has 3 N–H and O–H groups in total. The molecular formula is C18H29N3O3S. The van der Waals surface area contributed by atoms with Crippen LogP contribution >= 0.6 is 11.8 Å². The average molecular weight is 368 g/mol. The van der Waals surface area contributed by atoms with Crippen LogP contribution < -0.4 is 20.1 Å². The van der Waals surface area contributed by atoms with E-state index in [1.54, 1.807) is 18.9 Å². The van der Waals surface area contributed by atoms with E-state index in [0.717, 1.165) is 36.0 Å². The van der Waals surface area contributed by atoms with E-state index in [0.29, 0.717) is 19.0 Å². The first-order valence-corrected chi connectivity index (χ1v) is 9.83. The third kappa shape index (κ3) is 6.66. The van der Waals surface area contributed by atoms with Crippen molar-refractivity contribution >= 4 is 17.7 Å². The molecular weight excluding hydrogens is 338 g/mol. The van der Waals surface area contributed by atoms with Gasteiger partial charge < -0.3 is 25.2 Å². The summed E-state index contributed by atoms with van der Waals surface area (Å²) in [4.78, 5) is 4.53. The van der Waals surface area contributed by atoms with Gasteiger partial charge in [-0.05, 0) is 38.2 Å². The first kappa shape index (κ1) is 19.7. The van der Waals surface area contributed by atoms with Crippen molar-refractivity contribution in [1.29, 1.82) is 0 Å². The van der Waals surface area contributed by atoms with Gasteiger partial charge in [-0.25, -0.2) is 0 Å². The van der Waals surface area contributed by atoms with Gasteiger partial charge in [0, 0.05) is 18.4 Å². The fourth-order valence-electron chi connectivity index (χ4n) is 2.48. The number of hydrogen-bond acceptors (Lipinski definition) is 5. The monoisotopic (exact) mass is 367 g/mol. The third-order valence-electron chi connectivity index (χ3n) is 3.89. The molecule has 0 amide bonds. The van der Waals surface area contributed by atoms with Crippen LogP contribution in [0.3, 0.4) is 0 Å². The zero-order valence-corrected chi connectivity index (χ0v) is 16.1. The predicted octanol–water partition coefficient (Wildman–Crippen LogP) is 1.89. The second kappa shape index (κ2) is 9.77. The van der Waals surface area contributed by atoms with E-state index in [2.05, 4.69) is 15.6 Å². The van der Waals surface area contributed by atoms with Gasteiger partial charge in [0.2, 0.25) is 0 Å². The lowest BCUT2D eigenvalue weighted by Gasteiger charge is -2.21. The zero-order chi connectivity index (χ0) is 18.1. The first-order valence-electron chi connectivity index (χ1n) is 8.67. The summed E-state index contributed by atoms with van der Waals surface area (Å²) in [7, 11) is 1.64. The standard InChI is InChI=1S/C18H29N3O3S/c1-4-19-17(21-12-18(22)8-9-25-13-18)20-11-14(2)24-16-7-5-6-15(10-16)23-3/h5-7,10,14,22H,4,8-9,11-13H2,1-3H3,(H2,19,20,21). The Balaban J connectivity index is 1.84. The van der Waals surface area contributed by atoms with E-state index < -0.39 is 5.60 Å². The molecule has 0 aromatic heterocycles. The molecule has 2 unspecified atom stereocenters. The molecule has 140 valence electrons. The number of benzene rings is 1. The van der Waals surface area contributed by atoms with Gasteiger partial charge in [0.25, 0.3) is 0 Å². The maximum absolute atomic E-state index is 10.4. The van der Waals surface area contributed by atoms with Gasteiger partial charge in [0.1, 0.15) is 17.6 Å². The van der Waals surface area contributed by atoms with Crippen LogP contribution in [0.4, 0.5) is 0 Å². The molecule has 2 atom stereocenters. The minimum absolute atomic E-state index is 0.0407. The van der Waals surface area contributed by atoms with Gasteiger partial charge >= 0.3 is 0 Å². The molecule has 0 aliphatic carbocycles. The molecule has 7 heteroatoms. The SMILES string of the molecule is CCNC(=NCC1(O)CCSC1)NCC(C)Oc1cccc(OC)c1. The maximum Gasteiger partial charge on any atom is 0.191 e. The van der Waals surface area contributed by atoms with E-state index >= 15 is 0 Å². The van der Waals surface area contributed by atoms with Gasteiger partial charge in [-0.15, -0.1) is 0 Å². The van der Waals surface area contributed by atoms with Crippen LogP contribution in [0.5, 0.6) is 11.5 Å². The zero-order valence-electron chi connectivity index (χ0n) is 15.2. The van der Waals surface area contributed by atoms with Crippen molar-refractivity contribution in [3.8, 4) is 11.5 Å². The molecule has 2 rings (SSSR count). The van der Waals surface area contributed by atoms with E-state index in [9.17, 15) is 5.11 Å². The maximum atomic E-state index is 10.4. The highest BCUT2D eigenvalue weighted by molar-refractivity contribution is 7.99. The van der Waals surface area contributed by atoms with Crippen LogP contribution in [0.2, 0.25) is 0 Å². The Morgan fingerprint density at radius 2 is 2.20 bits per heavy atom. The summed E-state index contributed by atoms with van der Waals surface area (Å²) < 4.78 is 11.1. The lowest BCUT2D eigenvalue weighted by atomic mass is 10.1. The number of ether oxygens (including phenoxy) is 2. The van der Waals surface area contributed by atoms with Gasteiger partial charge in [0.15, 0.2) is 5.96 Å². The van der Waals surface area contributed by atoms with E-state index in [1.807, 2.05) is 38.1 Å². The highest BCUT2D eigenvalue weighted by Gasteiger charge is 2.31. The molecule has 1 aromatic rings. The molecule has 0 bridgehead atoms. The van der Waals surface area contributed by atoms with Gasteiger partial charge in [-0.3, -0.25) is 4.99 Å². The Labute approximate surface area is 154 Å². The molecule has 6 nitrogen and oxygen atoms in total. The van der Waals surface area contributed by atoms with Crippen molar-refractivity contribution in [3.05, 3.63) is 24.3 Å². The second-order valence-electron chi connectivity index (χ2n) is 6.21. The highest BCUT2D eigenvalue weighted by atomic mass is 32.2. The van der Waals surface area contributed by atoms with Gasteiger partial charge in [-0.1, -0.05) is 6.07 Å². The summed E-state index contributed by atoms with van der Waals surface area (Å²) >= 11 is 1.78. The number of aliphatic hydroxyl groups is 1. The van der Waals surface area contributed by atoms with Crippen LogP contribution in [0.25, 0.3) is 0 Å². The van der Waals surface area contributed by atoms with Crippen LogP contribution in [0, 0.1) is 0 Å². The molecule has 1 heterocycles. The summed E-state index contributed by atoms with van der Waals surface area (Å²) in [5.74, 6) is 4.00. The molecule has 1 aliphatic rings. The fraction of sp³-hybridized carbons (Fsp3) is 0.611. The Kier molecular flexibility index (Phi) is 7.71. The number of aliphatic imine (C=N–C) groups is 1. The Morgan fingerprint density at radius 3 is 2.88 bits per heavy atom. The minimum Gasteiger partial charge on any atom is -0.497 e. The normalized spacial score (nSPS) is 21.7. The van der Waals surface area contributed by atoms with Crippen molar-refractivity contribution in [2.75, 3.05) is 38.2 Å². The molecule has 0 spiro atoms. The van der Waals surface area contributed by atoms with Gasteiger partial charge in [-0.2, -0.15) is 11.8 Å². The number of nitrogens with zero attached hydrogens (tertiary/aromatic N) is 1. The number of methoxy groups -OCH3 is 1. The third-order valence-corrected chi connectivity index (χ3v) is 5.13. The molecule has 25 heavy (non-hydrogen) atoms. The Morgan fingerprint density at radius 1 is 1.40 bits per heavy atom. The van der Waals surface area contributed by atoms with Crippen molar-refractivity contribution in [1.82, 2.24) is 10.6 Å². The quantitative estimate of drug-likeness (QED) is 0.481. The van der Waals surface area contributed by atoms with E-state index in [4.69, 9.17) is 9.47 Å².